The standard InChI is InChI=1S/C21H18N2O3/c24-20-16-7-3-2-6-15(16)19-18(20)14-5-1-4-8-17(14)21(25)23(19)13-22-9-11-26-12-10-22/h1-8H,9-13H2. The van der Waals surface area contributed by atoms with Gasteiger partial charge in [-0.3, -0.25) is 19.1 Å². The van der Waals surface area contributed by atoms with E-state index >= 15 is 0 Å². The molecule has 5 rings (SSSR count). The lowest BCUT2D eigenvalue weighted by Crippen LogP contribution is -2.40. The van der Waals surface area contributed by atoms with E-state index in [1.165, 1.54) is 0 Å². The molecule has 130 valence electrons. The number of benzene rings is 2. The summed E-state index contributed by atoms with van der Waals surface area (Å²) in [5, 5.41) is 1.34. The van der Waals surface area contributed by atoms with Crippen molar-refractivity contribution in [3.8, 4) is 11.3 Å². The number of fused-ring (bicyclic) bond motifs is 5. The molecular weight excluding hydrogens is 328 g/mol. The summed E-state index contributed by atoms with van der Waals surface area (Å²) in [6, 6.07) is 15.0. The molecule has 0 radical (unpaired) electrons. The lowest BCUT2D eigenvalue weighted by atomic mass is 10.0. The molecule has 0 spiro atoms. The maximum Gasteiger partial charge on any atom is 0.260 e. The predicted octanol–water partition coefficient (Wildman–Crippen LogP) is 2.50. The number of ketones is 1. The van der Waals surface area contributed by atoms with Crippen LogP contribution in [0.2, 0.25) is 0 Å². The molecule has 0 saturated carbocycles. The van der Waals surface area contributed by atoms with Gasteiger partial charge in [0, 0.05) is 35.0 Å². The summed E-state index contributed by atoms with van der Waals surface area (Å²) in [5.74, 6) is 0.00234. The van der Waals surface area contributed by atoms with Crippen LogP contribution in [0, 0.1) is 0 Å². The van der Waals surface area contributed by atoms with Gasteiger partial charge in [-0.25, -0.2) is 0 Å². The van der Waals surface area contributed by atoms with E-state index < -0.39 is 0 Å². The van der Waals surface area contributed by atoms with Crippen molar-refractivity contribution in [3.05, 3.63) is 70.0 Å². The van der Waals surface area contributed by atoms with E-state index in [0.717, 1.165) is 29.7 Å². The number of carbonyl (C=O) groups is 1. The highest BCUT2D eigenvalue weighted by Gasteiger charge is 2.32. The van der Waals surface area contributed by atoms with Gasteiger partial charge in [0.2, 0.25) is 0 Å². The van der Waals surface area contributed by atoms with Gasteiger partial charge < -0.3 is 4.74 Å². The van der Waals surface area contributed by atoms with Crippen LogP contribution in [0.1, 0.15) is 15.9 Å². The summed E-state index contributed by atoms with van der Waals surface area (Å²) >= 11 is 0. The van der Waals surface area contributed by atoms with Gasteiger partial charge in [0.25, 0.3) is 5.56 Å². The van der Waals surface area contributed by atoms with Gasteiger partial charge >= 0.3 is 0 Å². The minimum absolute atomic E-state index is 0.00234. The fraction of sp³-hybridized carbons (Fsp3) is 0.238. The van der Waals surface area contributed by atoms with Crippen LogP contribution in [0.25, 0.3) is 22.0 Å². The Hall–Kier alpha value is -2.76. The first kappa shape index (κ1) is 15.5. The summed E-state index contributed by atoms with van der Waals surface area (Å²) < 4.78 is 7.19. The number of carbonyl (C=O) groups excluding carboxylic acids is 1. The van der Waals surface area contributed by atoms with E-state index in [1.807, 2.05) is 48.5 Å². The summed E-state index contributed by atoms with van der Waals surface area (Å²) in [6.45, 7) is 3.37. The zero-order valence-electron chi connectivity index (χ0n) is 14.3. The Morgan fingerprint density at radius 3 is 2.27 bits per heavy atom. The third-order valence-corrected chi connectivity index (χ3v) is 5.28. The molecule has 0 bridgehead atoms. The van der Waals surface area contributed by atoms with Crippen LogP contribution in [0.15, 0.2) is 53.3 Å². The lowest BCUT2D eigenvalue weighted by Gasteiger charge is -2.28. The first-order chi connectivity index (χ1) is 12.8. The molecule has 1 aliphatic heterocycles. The van der Waals surface area contributed by atoms with Crippen molar-refractivity contribution in [2.75, 3.05) is 26.3 Å². The smallest absolute Gasteiger partial charge is 0.260 e. The fourth-order valence-electron chi connectivity index (χ4n) is 4.01. The lowest BCUT2D eigenvalue weighted by molar-refractivity contribution is 0.0232. The van der Waals surface area contributed by atoms with Gasteiger partial charge in [-0.2, -0.15) is 0 Å². The monoisotopic (exact) mass is 346 g/mol. The van der Waals surface area contributed by atoms with Crippen molar-refractivity contribution in [3.63, 3.8) is 0 Å². The molecule has 1 aromatic heterocycles. The molecule has 2 aromatic carbocycles. The number of pyridine rings is 1. The topological polar surface area (TPSA) is 51.5 Å². The Labute approximate surface area is 150 Å². The summed E-state index contributed by atoms with van der Waals surface area (Å²) in [4.78, 5) is 28.6. The third-order valence-electron chi connectivity index (χ3n) is 5.28. The van der Waals surface area contributed by atoms with Crippen molar-refractivity contribution in [1.82, 2.24) is 9.47 Å². The first-order valence-corrected chi connectivity index (χ1v) is 8.85. The van der Waals surface area contributed by atoms with Crippen molar-refractivity contribution in [2.45, 2.75) is 6.67 Å². The Kier molecular flexibility index (Phi) is 3.51. The molecule has 1 aliphatic carbocycles. The Balaban J connectivity index is 1.81. The quantitative estimate of drug-likeness (QED) is 0.560. The van der Waals surface area contributed by atoms with E-state index in [9.17, 15) is 9.59 Å². The molecular formula is C21H18N2O3. The maximum atomic E-state index is 13.3. The van der Waals surface area contributed by atoms with Crippen LogP contribution in [-0.4, -0.2) is 41.6 Å². The number of aromatic nitrogens is 1. The van der Waals surface area contributed by atoms with Crippen LogP contribution >= 0.6 is 0 Å². The number of ether oxygens (including phenoxy) is 1. The third kappa shape index (κ3) is 2.18. The number of nitrogens with zero attached hydrogens (tertiary/aromatic N) is 2. The molecule has 1 fully saturated rings. The molecule has 26 heavy (non-hydrogen) atoms. The molecule has 2 aliphatic rings. The zero-order chi connectivity index (χ0) is 17.7. The van der Waals surface area contributed by atoms with Gasteiger partial charge in [0.15, 0.2) is 5.78 Å². The van der Waals surface area contributed by atoms with E-state index in [0.29, 0.717) is 36.4 Å². The highest BCUT2D eigenvalue weighted by Crippen LogP contribution is 2.39. The van der Waals surface area contributed by atoms with E-state index in [-0.39, 0.29) is 11.3 Å². The summed E-state index contributed by atoms with van der Waals surface area (Å²) in [6.07, 6.45) is 0. The van der Waals surface area contributed by atoms with Crippen LogP contribution in [0.5, 0.6) is 0 Å². The van der Waals surface area contributed by atoms with Crippen LogP contribution in [-0.2, 0) is 11.4 Å². The number of morpholine rings is 1. The largest absolute Gasteiger partial charge is 0.379 e. The molecule has 5 heteroatoms. The Bertz CT molecular complexity index is 1090. The summed E-state index contributed by atoms with van der Waals surface area (Å²) in [5.41, 5.74) is 2.88. The molecule has 0 N–H and O–H groups in total. The maximum absolute atomic E-state index is 13.3. The molecule has 5 nitrogen and oxygen atoms in total. The second kappa shape index (κ2) is 5.90. The number of rotatable bonds is 2. The van der Waals surface area contributed by atoms with E-state index in [2.05, 4.69) is 4.90 Å². The molecule has 1 saturated heterocycles. The SMILES string of the molecule is O=C1c2ccccc2-c2c1c1ccccc1c(=O)n2CN1CCOCC1. The van der Waals surface area contributed by atoms with Gasteiger partial charge in [0.1, 0.15) is 0 Å². The Morgan fingerprint density at radius 2 is 1.50 bits per heavy atom. The molecule has 2 heterocycles. The minimum Gasteiger partial charge on any atom is -0.379 e. The van der Waals surface area contributed by atoms with Crippen LogP contribution in [0.3, 0.4) is 0 Å². The second-order valence-electron chi connectivity index (χ2n) is 6.75. The molecule has 0 unspecified atom stereocenters. The highest BCUT2D eigenvalue weighted by atomic mass is 16.5. The zero-order valence-corrected chi connectivity index (χ0v) is 14.3. The van der Waals surface area contributed by atoms with Crippen molar-refractivity contribution in [1.29, 1.82) is 0 Å². The van der Waals surface area contributed by atoms with E-state index in [4.69, 9.17) is 4.74 Å². The Morgan fingerprint density at radius 1 is 0.846 bits per heavy atom. The van der Waals surface area contributed by atoms with Gasteiger partial charge in [-0.05, 0) is 6.07 Å². The normalized spacial score (nSPS) is 16.7. The molecule has 3 aromatic rings. The van der Waals surface area contributed by atoms with Crippen molar-refractivity contribution >= 4 is 16.6 Å². The molecule has 0 amide bonds. The average molecular weight is 346 g/mol. The van der Waals surface area contributed by atoms with Gasteiger partial charge in [0.05, 0.1) is 31.1 Å². The van der Waals surface area contributed by atoms with Gasteiger partial charge in [-0.15, -0.1) is 0 Å². The fourth-order valence-corrected chi connectivity index (χ4v) is 4.01. The van der Waals surface area contributed by atoms with E-state index in [1.54, 1.807) is 4.57 Å². The second-order valence-corrected chi connectivity index (χ2v) is 6.75. The van der Waals surface area contributed by atoms with Crippen molar-refractivity contribution in [2.24, 2.45) is 0 Å². The average Bonchev–Trinajstić information content (AvgIpc) is 2.99. The number of hydrogen-bond acceptors (Lipinski definition) is 4. The number of hydrogen-bond donors (Lipinski definition) is 0. The van der Waals surface area contributed by atoms with Crippen LogP contribution in [0.4, 0.5) is 0 Å². The summed E-state index contributed by atoms with van der Waals surface area (Å²) in [7, 11) is 0. The van der Waals surface area contributed by atoms with Gasteiger partial charge in [-0.1, -0.05) is 42.5 Å². The van der Waals surface area contributed by atoms with Crippen molar-refractivity contribution < 1.29 is 9.53 Å². The predicted molar refractivity (Wildman–Crippen MR) is 99.5 cm³/mol. The first-order valence-electron chi connectivity index (χ1n) is 8.85. The minimum atomic E-state index is -0.0460. The van der Waals surface area contributed by atoms with Crippen LogP contribution < -0.4 is 5.56 Å². The highest BCUT2D eigenvalue weighted by molar-refractivity contribution is 6.26. The molecule has 0 atom stereocenters.